The van der Waals surface area contributed by atoms with Crippen LogP contribution in [0.2, 0.25) is 0 Å². The van der Waals surface area contributed by atoms with Gasteiger partial charge in [-0.15, -0.1) is 0 Å². The van der Waals surface area contributed by atoms with E-state index in [-0.39, 0.29) is 11.8 Å². The van der Waals surface area contributed by atoms with Crippen LogP contribution in [0.4, 0.5) is 0 Å². The predicted molar refractivity (Wildman–Crippen MR) is 85.9 cm³/mol. The highest BCUT2D eigenvalue weighted by Gasteiger charge is 2.31. The van der Waals surface area contributed by atoms with E-state index in [4.69, 9.17) is 4.74 Å². The monoisotopic (exact) mass is 314 g/mol. The fraction of sp³-hybridized carbons (Fsp3) is 0.471. The smallest absolute Gasteiger partial charge is 0.228 e. The van der Waals surface area contributed by atoms with Gasteiger partial charge in [-0.3, -0.25) is 14.5 Å². The van der Waals surface area contributed by atoms with Crippen molar-refractivity contribution in [3.05, 3.63) is 47.5 Å². The van der Waals surface area contributed by atoms with Crippen LogP contribution in [0.3, 0.4) is 0 Å². The van der Waals surface area contributed by atoms with Crippen molar-refractivity contribution in [3.63, 3.8) is 0 Å². The van der Waals surface area contributed by atoms with Crippen molar-refractivity contribution in [3.8, 4) is 0 Å². The highest BCUT2D eigenvalue weighted by atomic mass is 16.5. The minimum absolute atomic E-state index is 0.0966. The summed E-state index contributed by atoms with van der Waals surface area (Å²) in [6.45, 7) is 4.73. The Morgan fingerprint density at radius 3 is 3.00 bits per heavy atom. The number of methoxy groups -OCH3 is 1. The van der Waals surface area contributed by atoms with Crippen LogP contribution in [0.1, 0.15) is 29.8 Å². The maximum absolute atomic E-state index is 12.7. The van der Waals surface area contributed by atoms with Crippen molar-refractivity contribution < 1.29 is 9.53 Å². The Labute approximate surface area is 136 Å². The van der Waals surface area contributed by atoms with E-state index in [2.05, 4.69) is 17.0 Å². The fourth-order valence-corrected chi connectivity index (χ4v) is 3.12. The van der Waals surface area contributed by atoms with E-state index in [9.17, 15) is 4.79 Å². The minimum Gasteiger partial charge on any atom is -0.384 e. The van der Waals surface area contributed by atoms with Crippen LogP contribution >= 0.6 is 0 Å². The van der Waals surface area contributed by atoms with Gasteiger partial charge in [0.15, 0.2) is 0 Å². The number of rotatable bonds is 5. The first-order chi connectivity index (χ1) is 11.2. The summed E-state index contributed by atoms with van der Waals surface area (Å²) in [6, 6.07) is 5.65. The summed E-state index contributed by atoms with van der Waals surface area (Å²) in [5, 5.41) is 4.44. The number of ether oxygens (including phenoxy) is 1. The van der Waals surface area contributed by atoms with Gasteiger partial charge in [0.25, 0.3) is 0 Å². The molecule has 2 aromatic rings. The average molecular weight is 314 g/mol. The van der Waals surface area contributed by atoms with Crippen molar-refractivity contribution in [1.29, 1.82) is 0 Å². The molecular formula is C17H22N4O2. The number of fused-ring (bicyclic) bond motifs is 1. The number of pyridine rings is 1. The predicted octanol–water partition coefficient (Wildman–Crippen LogP) is 1.61. The molecule has 3 rings (SSSR count). The number of carbonyl (C=O) groups is 1. The summed E-state index contributed by atoms with van der Waals surface area (Å²) >= 11 is 0. The maximum atomic E-state index is 12.7. The molecule has 0 N–H and O–H groups in total. The molecule has 6 nitrogen and oxygen atoms in total. The molecule has 1 aliphatic rings. The van der Waals surface area contributed by atoms with E-state index >= 15 is 0 Å². The van der Waals surface area contributed by atoms with Gasteiger partial charge < -0.3 is 9.64 Å². The third-order valence-electron chi connectivity index (χ3n) is 4.28. The van der Waals surface area contributed by atoms with Gasteiger partial charge >= 0.3 is 0 Å². The van der Waals surface area contributed by atoms with Crippen molar-refractivity contribution in [2.75, 3.05) is 20.3 Å². The van der Waals surface area contributed by atoms with E-state index in [1.54, 1.807) is 13.3 Å². The largest absolute Gasteiger partial charge is 0.384 e. The van der Waals surface area contributed by atoms with E-state index in [1.165, 1.54) is 5.56 Å². The van der Waals surface area contributed by atoms with E-state index in [1.807, 2.05) is 34.0 Å². The fourth-order valence-electron chi connectivity index (χ4n) is 3.12. The number of amides is 1. The Hall–Kier alpha value is -2.21. The summed E-state index contributed by atoms with van der Waals surface area (Å²) < 4.78 is 7.31. The Morgan fingerprint density at radius 1 is 1.43 bits per heavy atom. The quantitative estimate of drug-likeness (QED) is 0.841. The normalized spacial score (nSPS) is 17.1. The zero-order valence-corrected chi connectivity index (χ0v) is 13.6. The Bertz CT molecular complexity index is 668. The molecule has 0 aromatic carbocycles. The number of aryl methyl sites for hydroxylation is 1. The molecular weight excluding hydrogens is 292 g/mol. The lowest BCUT2D eigenvalue weighted by molar-refractivity contribution is -0.132. The Kier molecular flexibility index (Phi) is 4.71. The van der Waals surface area contributed by atoms with Gasteiger partial charge in [0.1, 0.15) is 0 Å². The standard InChI is InChI=1S/C17H22N4O2/c1-3-21-16-11-20(10-13(12-23-2)15(16)9-19-21)17(22)8-14-6-4-5-7-18-14/h4-7,9,13H,3,8,10-12H2,1-2H3/t13-/m1/s1. The zero-order valence-electron chi connectivity index (χ0n) is 13.6. The lowest BCUT2D eigenvalue weighted by atomic mass is 9.95. The van der Waals surface area contributed by atoms with Gasteiger partial charge in [-0.05, 0) is 19.1 Å². The van der Waals surface area contributed by atoms with Crippen LogP contribution in [-0.2, 0) is 29.0 Å². The van der Waals surface area contributed by atoms with Crippen LogP contribution in [0.15, 0.2) is 30.6 Å². The second-order valence-corrected chi connectivity index (χ2v) is 5.79. The lowest BCUT2D eigenvalue weighted by Gasteiger charge is -2.33. The number of nitrogens with zero attached hydrogens (tertiary/aromatic N) is 4. The van der Waals surface area contributed by atoms with Gasteiger partial charge in [-0.1, -0.05) is 6.07 Å². The van der Waals surface area contributed by atoms with Crippen LogP contribution < -0.4 is 0 Å². The first-order valence-corrected chi connectivity index (χ1v) is 7.94. The molecule has 0 spiro atoms. The third kappa shape index (κ3) is 3.27. The lowest BCUT2D eigenvalue weighted by Crippen LogP contribution is -2.40. The van der Waals surface area contributed by atoms with Gasteiger partial charge in [0.2, 0.25) is 5.91 Å². The summed E-state index contributed by atoms with van der Waals surface area (Å²) in [5.74, 6) is 0.274. The van der Waals surface area contributed by atoms with Crippen molar-refractivity contribution in [2.45, 2.75) is 32.4 Å². The maximum Gasteiger partial charge on any atom is 0.228 e. The van der Waals surface area contributed by atoms with Crippen LogP contribution in [0, 0.1) is 0 Å². The van der Waals surface area contributed by atoms with Crippen molar-refractivity contribution in [1.82, 2.24) is 19.7 Å². The second-order valence-electron chi connectivity index (χ2n) is 5.79. The molecule has 1 atom stereocenters. The molecule has 3 heterocycles. The van der Waals surface area contributed by atoms with Gasteiger partial charge in [0, 0.05) is 43.6 Å². The molecule has 0 aliphatic carbocycles. The molecule has 0 saturated heterocycles. The number of hydrogen-bond acceptors (Lipinski definition) is 4. The molecule has 1 aliphatic heterocycles. The Balaban J connectivity index is 1.80. The summed E-state index contributed by atoms with van der Waals surface area (Å²) in [6.07, 6.45) is 3.97. The van der Waals surface area contributed by atoms with E-state index in [0.29, 0.717) is 26.1 Å². The molecule has 0 bridgehead atoms. The number of hydrogen-bond donors (Lipinski definition) is 0. The molecule has 6 heteroatoms. The zero-order chi connectivity index (χ0) is 16.2. The van der Waals surface area contributed by atoms with Gasteiger partial charge in [-0.25, -0.2) is 0 Å². The molecule has 122 valence electrons. The first kappa shape index (κ1) is 15.7. The summed E-state index contributed by atoms with van der Waals surface area (Å²) in [4.78, 5) is 18.8. The van der Waals surface area contributed by atoms with E-state index in [0.717, 1.165) is 17.9 Å². The van der Waals surface area contributed by atoms with Gasteiger partial charge in [0.05, 0.1) is 31.5 Å². The number of carbonyl (C=O) groups excluding carboxylic acids is 1. The SMILES string of the molecule is CCn1ncc2c1CN(C(=O)Cc1ccccn1)C[C@@H]2COC. The van der Waals surface area contributed by atoms with Crippen molar-refractivity contribution in [2.24, 2.45) is 0 Å². The first-order valence-electron chi connectivity index (χ1n) is 7.94. The molecule has 2 aromatic heterocycles. The third-order valence-corrected chi connectivity index (χ3v) is 4.28. The molecule has 0 saturated carbocycles. The van der Waals surface area contributed by atoms with Gasteiger partial charge in [-0.2, -0.15) is 5.10 Å². The van der Waals surface area contributed by atoms with Crippen molar-refractivity contribution >= 4 is 5.91 Å². The summed E-state index contributed by atoms with van der Waals surface area (Å²) in [7, 11) is 1.69. The minimum atomic E-state index is 0.0966. The molecule has 23 heavy (non-hydrogen) atoms. The molecule has 1 amide bonds. The highest BCUT2D eigenvalue weighted by molar-refractivity contribution is 5.78. The number of aromatic nitrogens is 3. The topological polar surface area (TPSA) is 60.2 Å². The second kappa shape index (κ2) is 6.91. The molecule has 0 fully saturated rings. The van der Waals surface area contributed by atoms with Crippen LogP contribution in [-0.4, -0.2) is 45.8 Å². The average Bonchev–Trinajstić information content (AvgIpc) is 2.99. The van der Waals surface area contributed by atoms with Crippen LogP contribution in [0.25, 0.3) is 0 Å². The van der Waals surface area contributed by atoms with Crippen LogP contribution in [0.5, 0.6) is 0 Å². The Morgan fingerprint density at radius 2 is 2.30 bits per heavy atom. The highest BCUT2D eigenvalue weighted by Crippen LogP contribution is 2.29. The van der Waals surface area contributed by atoms with E-state index < -0.39 is 0 Å². The summed E-state index contributed by atoms with van der Waals surface area (Å²) in [5.41, 5.74) is 3.13. The molecule has 0 unspecified atom stereocenters. The molecule has 0 radical (unpaired) electrons.